The molecule has 2 aromatic carbocycles. The van der Waals surface area contributed by atoms with E-state index in [0.29, 0.717) is 43.2 Å². The largest absolute Gasteiger partial charge is 0.493 e. The van der Waals surface area contributed by atoms with E-state index < -0.39 is 6.10 Å². The Morgan fingerprint density at radius 2 is 1.88 bits per heavy atom. The van der Waals surface area contributed by atoms with Crippen LogP contribution >= 0.6 is 12.4 Å². The summed E-state index contributed by atoms with van der Waals surface area (Å²) in [6.07, 6.45) is 6.10. The number of hydrogen-bond donors (Lipinski definition) is 2. The van der Waals surface area contributed by atoms with Crippen LogP contribution in [0.4, 0.5) is 0 Å². The summed E-state index contributed by atoms with van der Waals surface area (Å²) in [7, 11) is 1.59. The molecule has 264 valence electrons. The lowest BCUT2D eigenvalue weighted by atomic mass is 9.92. The summed E-state index contributed by atoms with van der Waals surface area (Å²) in [5.41, 5.74) is 8.15. The van der Waals surface area contributed by atoms with Crippen LogP contribution in [0.1, 0.15) is 73.1 Å². The standard InChI is InChI=1S/C35H45N7O6.ClH/c1-3-40-21-33(43)37-28-15-16-41(35(45)29-19-42(39-38-29)26-11-9-25(36)10-12-26)20-32(28)47-22-24-5-4-6-27(17-24)48-31-18-23(8-14-34(40)44)7-13-30(31)46-2;/h4-7,13,17-19,25-26,28,32H,3,8-12,14-16,20-22,36H2,1-2H3,(H,37,43);1H/t25?,26?,28-,32-;/m0./s1. The number of carbonyl (C=O) groups excluding carboxylic acids is 3. The van der Waals surface area contributed by atoms with E-state index in [4.69, 9.17) is 19.9 Å². The highest BCUT2D eigenvalue weighted by atomic mass is 35.5. The van der Waals surface area contributed by atoms with Crippen molar-refractivity contribution in [3.05, 3.63) is 65.5 Å². The molecule has 3 amide bonds. The molecule has 3 aliphatic rings. The Hall–Kier alpha value is -4.20. The number of methoxy groups -OCH3 is 1. The van der Waals surface area contributed by atoms with Crippen molar-refractivity contribution in [2.45, 2.75) is 82.7 Å². The van der Waals surface area contributed by atoms with E-state index in [1.807, 2.05) is 49.4 Å². The smallest absolute Gasteiger partial charge is 0.276 e. The molecule has 2 atom stereocenters. The number of rotatable bonds is 4. The van der Waals surface area contributed by atoms with Gasteiger partial charge in [-0.1, -0.05) is 23.4 Å². The second-order valence-corrected chi connectivity index (χ2v) is 12.9. The molecular formula is C35H46ClN7O6. The number of nitrogens with one attached hydrogen (secondary N) is 1. The van der Waals surface area contributed by atoms with Crippen LogP contribution in [0.2, 0.25) is 0 Å². The van der Waals surface area contributed by atoms with Crippen LogP contribution in [0.25, 0.3) is 0 Å². The number of fused-ring (bicyclic) bond motifs is 5. The summed E-state index contributed by atoms with van der Waals surface area (Å²) in [6.45, 7) is 3.10. The van der Waals surface area contributed by atoms with Gasteiger partial charge in [-0.15, -0.1) is 17.5 Å². The molecule has 6 rings (SSSR count). The van der Waals surface area contributed by atoms with E-state index >= 15 is 0 Å². The molecule has 1 saturated carbocycles. The van der Waals surface area contributed by atoms with Gasteiger partial charge in [-0.25, -0.2) is 4.68 Å². The number of nitrogens with two attached hydrogens (primary N) is 1. The van der Waals surface area contributed by atoms with Gasteiger partial charge in [-0.3, -0.25) is 14.4 Å². The van der Waals surface area contributed by atoms with Gasteiger partial charge >= 0.3 is 0 Å². The lowest BCUT2D eigenvalue weighted by Crippen LogP contribution is -2.57. The number of likely N-dealkylation sites (N-methyl/N-ethyl adjacent to an activating group) is 1. The number of benzene rings is 2. The molecule has 2 aliphatic heterocycles. The van der Waals surface area contributed by atoms with E-state index in [-0.39, 0.29) is 80.1 Å². The molecule has 0 radical (unpaired) electrons. The highest BCUT2D eigenvalue weighted by Crippen LogP contribution is 2.33. The molecule has 4 bridgehead atoms. The van der Waals surface area contributed by atoms with Crippen LogP contribution in [-0.4, -0.2) is 94.0 Å². The fourth-order valence-electron chi connectivity index (χ4n) is 6.71. The van der Waals surface area contributed by atoms with Gasteiger partial charge in [-0.2, -0.15) is 0 Å². The second kappa shape index (κ2) is 16.5. The van der Waals surface area contributed by atoms with Crippen molar-refractivity contribution >= 4 is 30.1 Å². The Morgan fingerprint density at radius 1 is 1.06 bits per heavy atom. The molecule has 0 unspecified atom stereocenters. The second-order valence-electron chi connectivity index (χ2n) is 12.9. The Kier molecular flexibility index (Phi) is 12.1. The van der Waals surface area contributed by atoms with E-state index in [1.54, 1.807) is 27.8 Å². The highest BCUT2D eigenvalue weighted by molar-refractivity contribution is 5.92. The van der Waals surface area contributed by atoms with Crippen LogP contribution in [0.5, 0.6) is 17.2 Å². The number of carbonyl (C=O) groups is 3. The summed E-state index contributed by atoms with van der Waals surface area (Å²) in [5.74, 6) is 1.12. The SMILES string of the molecule is CCN1CC(=O)N[C@H]2CCN(C(=O)c3cn(C4CCC(N)CC4)nn3)C[C@@H]2OCc2cccc(c2)Oc2cc(ccc2OC)CCC1=O.Cl. The van der Waals surface area contributed by atoms with E-state index in [2.05, 4.69) is 15.6 Å². The Morgan fingerprint density at radius 3 is 2.65 bits per heavy atom. The van der Waals surface area contributed by atoms with E-state index in [0.717, 1.165) is 36.8 Å². The molecule has 3 aromatic rings. The molecule has 14 heteroatoms. The topological polar surface area (TPSA) is 154 Å². The van der Waals surface area contributed by atoms with Crippen molar-refractivity contribution in [2.75, 3.05) is 33.3 Å². The van der Waals surface area contributed by atoms with Crippen molar-refractivity contribution in [3.8, 4) is 17.2 Å². The lowest BCUT2D eigenvalue weighted by Gasteiger charge is -2.38. The van der Waals surface area contributed by atoms with Crippen LogP contribution in [0.15, 0.2) is 48.7 Å². The molecule has 0 spiro atoms. The number of halogens is 1. The van der Waals surface area contributed by atoms with Gasteiger partial charge in [0.05, 0.1) is 44.6 Å². The molecule has 49 heavy (non-hydrogen) atoms. The highest BCUT2D eigenvalue weighted by Gasteiger charge is 2.35. The third-order valence-electron chi connectivity index (χ3n) is 9.55. The zero-order valence-electron chi connectivity index (χ0n) is 28.1. The minimum atomic E-state index is -0.507. The maximum absolute atomic E-state index is 13.6. The van der Waals surface area contributed by atoms with Crippen LogP contribution < -0.4 is 20.5 Å². The first-order valence-corrected chi connectivity index (χ1v) is 16.9. The molecule has 1 saturated heterocycles. The zero-order chi connectivity index (χ0) is 33.6. The monoisotopic (exact) mass is 695 g/mol. The van der Waals surface area contributed by atoms with Gasteiger partial charge in [-0.05, 0) is 80.8 Å². The van der Waals surface area contributed by atoms with Crippen molar-refractivity contribution in [1.82, 2.24) is 30.1 Å². The van der Waals surface area contributed by atoms with Gasteiger partial charge in [0.1, 0.15) is 5.75 Å². The molecule has 3 heterocycles. The van der Waals surface area contributed by atoms with E-state index in [1.165, 1.54) is 0 Å². The van der Waals surface area contributed by atoms with Gasteiger partial charge in [0.2, 0.25) is 11.8 Å². The normalized spacial score (nSPS) is 23.6. The van der Waals surface area contributed by atoms with Crippen LogP contribution in [0, 0.1) is 0 Å². The minimum Gasteiger partial charge on any atom is -0.493 e. The third kappa shape index (κ3) is 8.89. The number of aryl methyl sites for hydroxylation is 1. The molecule has 1 aliphatic carbocycles. The summed E-state index contributed by atoms with van der Waals surface area (Å²) in [4.78, 5) is 43.4. The van der Waals surface area contributed by atoms with Gasteiger partial charge in [0.15, 0.2) is 17.2 Å². The average Bonchev–Trinajstić information content (AvgIpc) is 3.59. The third-order valence-corrected chi connectivity index (χ3v) is 9.55. The number of amides is 3. The number of aromatic nitrogens is 3. The number of piperidine rings is 1. The Bertz CT molecular complexity index is 1610. The van der Waals surface area contributed by atoms with Crippen molar-refractivity contribution in [3.63, 3.8) is 0 Å². The molecule has 13 nitrogen and oxygen atoms in total. The Balaban J connectivity index is 0.00000468. The van der Waals surface area contributed by atoms with Crippen LogP contribution in [0.3, 0.4) is 0 Å². The van der Waals surface area contributed by atoms with Crippen molar-refractivity contribution < 1.29 is 28.6 Å². The summed E-state index contributed by atoms with van der Waals surface area (Å²) in [6, 6.07) is 13.2. The summed E-state index contributed by atoms with van der Waals surface area (Å²) in [5, 5.41) is 11.6. The quantitative estimate of drug-likeness (QED) is 0.416. The molecule has 2 fully saturated rings. The minimum absolute atomic E-state index is 0. The fourth-order valence-corrected chi connectivity index (χ4v) is 6.71. The zero-order valence-corrected chi connectivity index (χ0v) is 28.9. The van der Waals surface area contributed by atoms with Crippen LogP contribution in [-0.2, 0) is 27.4 Å². The molecule has 1 aromatic heterocycles. The maximum Gasteiger partial charge on any atom is 0.276 e. The number of hydrogen-bond acceptors (Lipinski definition) is 9. The first-order valence-electron chi connectivity index (χ1n) is 16.9. The van der Waals surface area contributed by atoms with E-state index in [9.17, 15) is 14.4 Å². The van der Waals surface area contributed by atoms with Gasteiger partial charge in [0.25, 0.3) is 5.91 Å². The Labute approximate surface area is 292 Å². The van der Waals surface area contributed by atoms with Crippen molar-refractivity contribution in [1.29, 1.82) is 0 Å². The number of nitrogens with zero attached hydrogens (tertiary/aromatic N) is 5. The maximum atomic E-state index is 13.6. The first-order chi connectivity index (χ1) is 23.3. The average molecular weight is 696 g/mol. The summed E-state index contributed by atoms with van der Waals surface area (Å²) >= 11 is 0. The molecule has 3 N–H and O–H groups in total. The van der Waals surface area contributed by atoms with Gasteiger partial charge < -0.3 is 35.1 Å². The first kappa shape index (κ1) is 36.1. The molecular weight excluding hydrogens is 650 g/mol. The predicted octanol–water partition coefficient (Wildman–Crippen LogP) is 3.65. The number of ether oxygens (including phenoxy) is 3. The summed E-state index contributed by atoms with van der Waals surface area (Å²) < 4.78 is 20.0. The number of likely N-dealkylation sites (tertiary alicyclic amines) is 1. The fraction of sp³-hybridized carbons (Fsp3) is 0.514. The predicted molar refractivity (Wildman–Crippen MR) is 184 cm³/mol. The lowest BCUT2D eigenvalue weighted by molar-refractivity contribution is -0.136. The van der Waals surface area contributed by atoms with Crippen molar-refractivity contribution in [2.24, 2.45) is 5.73 Å². The van der Waals surface area contributed by atoms with Gasteiger partial charge in [0, 0.05) is 32.1 Å².